The van der Waals surface area contributed by atoms with Gasteiger partial charge in [-0.1, -0.05) is 29.5 Å². The molecule has 0 aliphatic carbocycles. The van der Waals surface area contributed by atoms with E-state index in [1.807, 2.05) is 46.7 Å². The summed E-state index contributed by atoms with van der Waals surface area (Å²) in [5.41, 5.74) is 0.965. The third-order valence-corrected chi connectivity index (χ3v) is 5.45. The van der Waals surface area contributed by atoms with Crippen molar-refractivity contribution in [1.82, 2.24) is 9.88 Å². The minimum absolute atomic E-state index is 0.0628. The highest BCUT2D eigenvalue weighted by molar-refractivity contribution is 7.20. The Morgan fingerprint density at radius 3 is 2.91 bits per heavy atom. The average molecular weight is 330 g/mol. The minimum atomic E-state index is 0.0628. The number of benzene rings is 1. The summed E-state index contributed by atoms with van der Waals surface area (Å²) < 4.78 is 6.99. The second-order valence-electron chi connectivity index (χ2n) is 5.24. The van der Waals surface area contributed by atoms with Gasteiger partial charge in [0, 0.05) is 4.88 Å². The minimum Gasteiger partial charge on any atom is -0.463 e. The highest BCUT2D eigenvalue weighted by Gasteiger charge is 2.32. The fraction of sp³-hybridized carbons (Fsp3) is 0.250. The number of rotatable bonds is 4. The van der Waals surface area contributed by atoms with E-state index in [-0.39, 0.29) is 12.0 Å². The Labute approximate surface area is 136 Å². The number of fused-ring (bicyclic) bond motifs is 1. The molecule has 1 aliphatic rings. The van der Waals surface area contributed by atoms with E-state index in [9.17, 15) is 4.79 Å². The Hall–Kier alpha value is -1.92. The number of ether oxygens (including phenoxy) is 1. The molecule has 0 unspecified atom stereocenters. The summed E-state index contributed by atoms with van der Waals surface area (Å²) in [5.74, 6) is 0.173. The van der Waals surface area contributed by atoms with E-state index in [1.165, 1.54) is 0 Å². The van der Waals surface area contributed by atoms with Crippen molar-refractivity contribution in [3.63, 3.8) is 0 Å². The second kappa shape index (κ2) is 5.70. The van der Waals surface area contributed by atoms with Gasteiger partial charge in [-0.25, -0.2) is 4.98 Å². The van der Waals surface area contributed by atoms with Crippen molar-refractivity contribution in [3.05, 3.63) is 46.7 Å². The Bertz CT molecular complexity index is 758. The van der Waals surface area contributed by atoms with Crippen molar-refractivity contribution >= 4 is 38.8 Å². The van der Waals surface area contributed by atoms with Crippen LogP contribution in [0, 0.1) is 0 Å². The van der Waals surface area contributed by atoms with E-state index in [0.29, 0.717) is 24.7 Å². The van der Waals surface area contributed by atoms with Crippen LogP contribution < -0.4 is 4.74 Å². The molecule has 1 aliphatic heterocycles. The van der Waals surface area contributed by atoms with Gasteiger partial charge in [0.15, 0.2) is 0 Å². The van der Waals surface area contributed by atoms with Crippen LogP contribution in [-0.4, -0.2) is 35.0 Å². The van der Waals surface area contributed by atoms with Crippen LogP contribution in [-0.2, 0) is 11.2 Å². The highest BCUT2D eigenvalue weighted by atomic mass is 32.1. The fourth-order valence-corrected chi connectivity index (χ4v) is 4.01. The van der Waals surface area contributed by atoms with Gasteiger partial charge < -0.3 is 9.64 Å². The van der Waals surface area contributed by atoms with Crippen molar-refractivity contribution in [2.75, 3.05) is 13.1 Å². The van der Waals surface area contributed by atoms with Gasteiger partial charge in [0.2, 0.25) is 5.91 Å². The predicted molar refractivity (Wildman–Crippen MR) is 88.6 cm³/mol. The number of hydrogen-bond acceptors (Lipinski definition) is 5. The Morgan fingerprint density at radius 2 is 2.14 bits per heavy atom. The summed E-state index contributed by atoms with van der Waals surface area (Å²) in [4.78, 5) is 19.5. The second-order valence-corrected chi connectivity index (χ2v) is 7.27. The molecule has 6 heteroatoms. The Morgan fingerprint density at radius 1 is 1.27 bits per heavy atom. The zero-order chi connectivity index (χ0) is 14.9. The number of carbonyl (C=O) groups is 1. The number of likely N-dealkylation sites (tertiary alicyclic amines) is 1. The summed E-state index contributed by atoms with van der Waals surface area (Å²) in [7, 11) is 0. The summed E-state index contributed by atoms with van der Waals surface area (Å²) >= 11 is 3.18. The standard InChI is InChI=1S/C16H14N2O2S2/c19-15(8-12-4-3-7-21-12)18-9-11(10-18)20-16-17-13-5-1-2-6-14(13)22-16/h1-7,11H,8-10H2. The van der Waals surface area contributed by atoms with Crippen molar-refractivity contribution in [2.45, 2.75) is 12.5 Å². The molecule has 3 aromatic rings. The van der Waals surface area contributed by atoms with Crippen LogP contribution in [0.25, 0.3) is 10.2 Å². The van der Waals surface area contributed by atoms with Gasteiger partial charge in [-0.05, 0) is 23.6 Å². The van der Waals surface area contributed by atoms with Gasteiger partial charge >= 0.3 is 0 Å². The lowest BCUT2D eigenvalue weighted by atomic mass is 10.1. The maximum Gasteiger partial charge on any atom is 0.274 e. The van der Waals surface area contributed by atoms with Crippen LogP contribution in [0.2, 0.25) is 0 Å². The van der Waals surface area contributed by atoms with Gasteiger partial charge in [0.25, 0.3) is 5.19 Å². The van der Waals surface area contributed by atoms with Crippen LogP contribution in [0.15, 0.2) is 41.8 Å². The lowest BCUT2D eigenvalue weighted by Crippen LogP contribution is -2.56. The number of carbonyl (C=O) groups excluding carboxylic acids is 1. The van der Waals surface area contributed by atoms with Crippen LogP contribution in [0.5, 0.6) is 5.19 Å². The first-order chi connectivity index (χ1) is 10.8. The van der Waals surface area contributed by atoms with Gasteiger partial charge in [0.1, 0.15) is 6.10 Å². The fourth-order valence-electron chi connectivity index (χ4n) is 2.43. The number of para-hydroxylation sites is 1. The first-order valence-corrected chi connectivity index (χ1v) is 8.80. The molecular weight excluding hydrogens is 316 g/mol. The van der Waals surface area contributed by atoms with Crippen LogP contribution >= 0.6 is 22.7 Å². The van der Waals surface area contributed by atoms with Gasteiger partial charge in [-0.15, -0.1) is 11.3 Å². The van der Waals surface area contributed by atoms with E-state index >= 15 is 0 Å². The largest absolute Gasteiger partial charge is 0.463 e. The maximum atomic E-state index is 12.1. The van der Waals surface area contributed by atoms with E-state index in [2.05, 4.69) is 4.98 Å². The molecule has 0 N–H and O–H groups in total. The molecule has 1 aromatic carbocycles. The molecule has 0 bridgehead atoms. The molecule has 4 rings (SSSR count). The molecular formula is C16H14N2O2S2. The number of amides is 1. The third kappa shape index (κ3) is 2.71. The molecule has 4 nitrogen and oxygen atoms in total. The molecule has 112 valence electrons. The van der Waals surface area contributed by atoms with Gasteiger partial charge in [-0.3, -0.25) is 4.79 Å². The average Bonchev–Trinajstić information content (AvgIpc) is 3.10. The molecule has 22 heavy (non-hydrogen) atoms. The van der Waals surface area contributed by atoms with E-state index in [1.54, 1.807) is 22.7 Å². The van der Waals surface area contributed by atoms with Crippen LogP contribution in [0.1, 0.15) is 4.88 Å². The number of thiophene rings is 1. The number of aromatic nitrogens is 1. The third-order valence-electron chi connectivity index (χ3n) is 3.65. The summed E-state index contributed by atoms with van der Waals surface area (Å²) in [5, 5.41) is 2.69. The molecule has 1 saturated heterocycles. The molecule has 1 amide bonds. The van der Waals surface area contributed by atoms with Crippen molar-refractivity contribution < 1.29 is 9.53 Å². The highest BCUT2D eigenvalue weighted by Crippen LogP contribution is 2.29. The molecule has 3 heterocycles. The molecule has 1 fully saturated rings. The number of thiazole rings is 1. The maximum absolute atomic E-state index is 12.1. The van der Waals surface area contributed by atoms with E-state index < -0.39 is 0 Å². The normalized spacial score (nSPS) is 15.0. The van der Waals surface area contributed by atoms with Crippen LogP contribution in [0.3, 0.4) is 0 Å². The van der Waals surface area contributed by atoms with Crippen molar-refractivity contribution in [1.29, 1.82) is 0 Å². The quantitative estimate of drug-likeness (QED) is 0.738. The van der Waals surface area contributed by atoms with Gasteiger partial charge in [-0.2, -0.15) is 0 Å². The Balaban J connectivity index is 1.32. The Kier molecular flexibility index (Phi) is 3.56. The molecule has 0 atom stereocenters. The predicted octanol–water partition coefficient (Wildman–Crippen LogP) is 3.19. The topological polar surface area (TPSA) is 42.4 Å². The lowest BCUT2D eigenvalue weighted by Gasteiger charge is -2.38. The SMILES string of the molecule is O=C(Cc1cccs1)N1CC(Oc2nc3ccccc3s2)C1. The zero-order valence-electron chi connectivity index (χ0n) is 11.8. The van der Waals surface area contributed by atoms with Gasteiger partial charge in [0.05, 0.1) is 29.7 Å². The first-order valence-electron chi connectivity index (χ1n) is 7.10. The smallest absolute Gasteiger partial charge is 0.274 e. The summed E-state index contributed by atoms with van der Waals surface area (Å²) in [6, 6.07) is 12.0. The molecule has 0 radical (unpaired) electrons. The summed E-state index contributed by atoms with van der Waals surface area (Å²) in [6.45, 7) is 1.31. The van der Waals surface area contributed by atoms with Crippen molar-refractivity contribution in [3.8, 4) is 5.19 Å². The first kappa shape index (κ1) is 13.7. The monoisotopic (exact) mass is 330 g/mol. The summed E-state index contributed by atoms with van der Waals surface area (Å²) in [6.07, 6.45) is 0.554. The molecule has 2 aromatic heterocycles. The molecule has 0 saturated carbocycles. The number of nitrogens with zero attached hydrogens (tertiary/aromatic N) is 2. The van der Waals surface area contributed by atoms with E-state index in [4.69, 9.17) is 4.74 Å². The van der Waals surface area contributed by atoms with Crippen molar-refractivity contribution in [2.24, 2.45) is 0 Å². The lowest BCUT2D eigenvalue weighted by molar-refractivity contribution is -0.139. The van der Waals surface area contributed by atoms with E-state index in [0.717, 1.165) is 15.1 Å². The molecule has 0 spiro atoms. The zero-order valence-corrected chi connectivity index (χ0v) is 13.4. The number of hydrogen-bond donors (Lipinski definition) is 0. The van der Waals surface area contributed by atoms with Crippen LogP contribution in [0.4, 0.5) is 0 Å².